The number of nitrogens with zero attached hydrogens (tertiary/aromatic N) is 1. The molecule has 0 radical (unpaired) electrons. The van der Waals surface area contributed by atoms with Crippen LogP contribution in [0.5, 0.6) is 0 Å². The van der Waals surface area contributed by atoms with Crippen molar-refractivity contribution in [2.45, 2.75) is 43.8 Å². The Balaban J connectivity index is 1.48. The molecule has 0 aliphatic heterocycles. The fourth-order valence-corrected chi connectivity index (χ4v) is 5.13. The minimum absolute atomic E-state index is 0.0361. The lowest BCUT2D eigenvalue weighted by Gasteiger charge is -2.13. The Bertz CT molecular complexity index is 1150. The highest BCUT2D eigenvalue weighted by Crippen LogP contribution is 2.36. The summed E-state index contributed by atoms with van der Waals surface area (Å²) in [5.41, 5.74) is 3.95. The molecular weight excluding hydrogens is 391 g/mol. The monoisotopic (exact) mass is 412 g/mol. The third kappa shape index (κ3) is 3.71. The van der Waals surface area contributed by atoms with Crippen LogP contribution < -0.4 is 4.72 Å². The van der Waals surface area contributed by atoms with E-state index in [-0.39, 0.29) is 17.4 Å². The molecular formula is C22H21FN2O3S. The number of aromatic nitrogens is 1. The number of nitrogens with one attached hydrogen (secondary N) is 1. The number of carbonyl (C=O) groups excluding carboxylic acids is 1. The molecule has 3 aliphatic rings. The zero-order valence-corrected chi connectivity index (χ0v) is 16.6. The van der Waals surface area contributed by atoms with Gasteiger partial charge in [-0.2, -0.15) is 0 Å². The normalized spacial score (nSPS) is 18.0. The number of ketones is 1. The zero-order valence-electron chi connectivity index (χ0n) is 15.8. The topological polar surface area (TPSA) is 76.1 Å². The predicted octanol–water partition coefficient (Wildman–Crippen LogP) is 3.88. The lowest BCUT2D eigenvalue weighted by atomic mass is 9.97. The molecule has 0 bridgehead atoms. The SMILES string of the molecule is O=C(Cc1cc(-c2ccc(NS(=O)(=O)C3CC3)c(F)c2)c2c(n1)CC=C2)C1CC1. The highest BCUT2D eigenvalue weighted by molar-refractivity contribution is 7.93. The first kappa shape index (κ1) is 18.5. The Morgan fingerprint density at radius 1 is 1.17 bits per heavy atom. The van der Waals surface area contributed by atoms with Crippen LogP contribution in [0.15, 0.2) is 30.3 Å². The Morgan fingerprint density at radius 2 is 1.97 bits per heavy atom. The van der Waals surface area contributed by atoms with E-state index < -0.39 is 21.1 Å². The molecule has 2 saturated carbocycles. The van der Waals surface area contributed by atoms with Crippen LogP contribution in [0.3, 0.4) is 0 Å². The number of rotatable bonds is 7. The largest absolute Gasteiger partial charge is 0.299 e. The maximum Gasteiger partial charge on any atom is 0.235 e. The maximum atomic E-state index is 14.7. The van der Waals surface area contributed by atoms with E-state index in [9.17, 15) is 17.6 Å². The van der Waals surface area contributed by atoms with Crippen LogP contribution in [0.25, 0.3) is 17.2 Å². The van der Waals surface area contributed by atoms with Gasteiger partial charge in [-0.25, -0.2) is 12.8 Å². The molecule has 0 atom stereocenters. The number of anilines is 1. The molecule has 5 nitrogen and oxygen atoms in total. The van der Waals surface area contributed by atoms with Gasteiger partial charge in [-0.05, 0) is 55.0 Å². The van der Waals surface area contributed by atoms with Gasteiger partial charge in [-0.3, -0.25) is 14.5 Å². The van der Waals surface area contributed by atoms with Crippen molar-refractivity contribution in [3.05, 3.63) is 53.1 Å². The second-order valence-corrected chi connectivity index (χ2v) is 10.0. The molecule has 29 heavy (non-hydrogen) atoms. The molecule has 5 rings (SSSR count). The van der Waals surface area contributed by atoms with Gasteiger partial charge in [0.2, 0.25) is 10.0 Å². The maximum absolute atomic E-state index is 14.7. The van der Waals surface area contributed by atoms with E-state index in [1.807, 2.05) is 18.2 Å². The van der Waals surface area contributed by atoms with Gasteiger partial charge >= 0.3 is 0 Å². The number of halogens is 1. The first-order chi connectivity index (χ1) is 13.9. The zero-order chi connectivity index (χ0) is 20.2. The Kier molecular flexibility index (Phi) is 4.31. The number of allylic oxidation sites excluding steroid dienone is 1. The number of sulfonamides is 1. The molecule has 0 unspecified atom stereocenters. The van der Waals surface area contributed by atoms with Crippen LogP contribution in [0.1, 0.15) is 42.6 Å². The van der Waals surface area contributed by atoms with Crippen molar-refractivity contribution < 1.29 is 17.6 Å². The fraction of sp³-hybridized carbons (Fsp3) is 0.364. The standard InChI is InChI=1S/C22H21FN2O3S/c23-19-10-14(6-9-21(19)25-29(27,28)16-7-8-16)18-11-15(12-22(26)13-4-5-13)24-20-3-1-2-17(18)20/h1-2,6,9-11,13,16,25H,3-5,7-8,12H2. The Hall–Kier alpha value is -2.54. The van der Waals surface area contributed by atoms with Gasteiger partial charge in [0.25, 0.3) is 0 Å². The van der Waals surface area contributed by atoms with Gasteiger partial charge < -0.3 is 0 Å². The van der Waals surface area contributed by atoms with Gasteiger partial charge in [0.1, 0.15) is 11.6 Å². The first-order valence-electron chi connectivity index (χ1n) is 9.94. The second-order valence-electron chi connectivity index (χ2n) is 8.09. The minimum Gasteiger partial charge on any atom is -0.299 e. The fourth-order valence-electron chi connectivity index (χ4n) is 3.73. The van der Waals surface area contributed by atoms with Crippen LogP contribution in [0.4, 0.5) is 10.1 Å². The molecule has 0 saturated heterocycles. The summed E-state index contributed by atoms with van der Waals surface area (Å²) in [5, 5.41) is -0.415. The highest BCUT2D eigenvalue weighted by atomic mass is 32.2. The van der Waals surface area contributed by atoms with Crippen molar-refractivity contribution in [2.24, 2.45) is 5.92 Å². The molecule has 150 valence electrons. The van der Waals surface area contributed by atoms with Crippen LogP contribution in [0.2, 0.25) is 0 Å². The quantitative estimate of drug-likeness (QED) is 0.749. The molecule has 2 fully saturated rings. The van der Waals surface area contributed by atoms with Crippen molar-refractivity contribution in [3.63, 3.8) is 0 Å². The van der Waals surface area contributed by atoms with E-state index in [1.165, 1.54) is 12.1 Å². The summed E-state index contributed by atoms with van der Waals surface area (Å²) < 4.78 is 41.3. The summed E-state index contributed by atoms with van der Waals surface area (Å²) in [6.45, 7) is 0. The van der Waals surface area contributed by atoms with Gasteiger partial charge in [0.05, 0.1) is 16.6 Å². The predicted molar refractivity (Wildman–Crippen MR) is 109 cm³/mol. The van der Waals surface area contributed by atoms with Gasteiger partial charge in [-0.15, -0.1) is 0 Å². The number of benzene rings is 1. The third-order valence-electron chi connectivity index (χ3n) is 5.67. The van der Waals surface area contributed by atoms with Crippen molar-refractivity contribution in [1.29, 1.82) is 0 Å². The minimum atomic E-state index is -3.52. The highest BCUT2D eigenvalue weighted by Gasteiger charge is 2.36. The molecule has 2 aromatic rings. The van der Waals surface area contributed by atoms with E-state index in [2.05, 4.69) is 9.71 Å². The average Bonchev–Trinajstić information content (AvgIpc) is 3.58. The number of pyridine rings is 1. The van der Waals surface area contributed by atoms with Crippen LogP contribution in [0, 0.1) is 11.7 Å². The van der Waals surface area contributed by atoms with Crippen LogP contribution in [-0.2, 0) is 27.7 Å². The smallest absolute Gasteiger partial charge is 0.235 e. The van der Waals surface area contributed by atoms with Gasteiger partial charge in [0, 0.05) is 30.0 Å². The molecule has 1 heterocycles. The van der Waals surface area contributed by atoms with Crippen molar-refractivity contribution in [2.75, 3.05) is 4.72 Å². The van der Waals surface area contributed by atoms with Crippen LogP contribution >= 0.6 is 0 Å². The summed E-state index contributed by atoms with van der Waals surface area (Å²) >= 11 is 0. The van der Waals surface area contributed by atoms with Crippen molar-refractivity contribution in [3.8, 4) is 11.1 Å². The van der Waals surface area contributed by atoms with E-state index in [1.54, 1.807) is 6.07 Å². The van der Waals surface area contributed by atoms with Crippen LogP contribution in [-0.4, -0.2) is 24.4 Å². The first-order valence-corrected chi connectivity index (χ1v) is 11.5. The number of hydrogen-bond acceptors (Lipinski definition) is 4. The molecule has 1 aromatic heterocycles. The average molecular weight is 412 g/mol. The summed E-state index contributed by atoms with van der Waals surface area (Å²) in [6, 6.07) is 6.38. The number of carbonyl (C=O) groups is 1. The number of Topliss-reactive ketones (excluding diaryl/α,β-unsaturated/α-hetero) is 1. The Labute approximate surface area is 169 Å². The van der Waals surface area contributed by atoms with Gasteiger partial charge in [0.15, 0.2) is 0 Å². The van der Waals surface area contributed by atoms with E-state index in [0.717, 1.165) is 29.7 Å². The molecule has 0 spiro atoms. The van der Waals surface area contributed by atoms with Crippen molar-refractivity contribution in [1.82, 2.24) is 4.98 Å². The summed E-state index contributed by atoms with van der Waals surface area (Å²) in [5.74, 6) is -0.233. The molecule has 0 amide bonds. The number of hydrogen-bond donors (Lipinski definition) is 1. The van der Waals surface area contributed by atoms with Gasteiger partial charge in [-0.1, -0.05) is 18.2 Å². The van der Waals surface area contributed by atoms with E-state index in [4.69, 9.17) is 0 Å². The lowest BCUT2D eigenvalue weighted by molar-refractivity contribution is -0.119. The molecule has 1 aromatic carbocycles. The van der Waals surface area contributed by atoms with E-state index >= 15 is 0 Å². The molecule has 7 heteroatoms. The van der Waals surface area contributed by atoms with E-state index in [0.29, 0.717) is 36.9 Å². The summed E-state index contributed by atoms with van der Waals surface area (Å²) in [4.78, 5) is 16.9. The number of fused-ring (bicyclic) bond motifs is 1. The van der Waals surface area contributed by atoms with Crippen molar-refractivity contribution >= 4 is 27.6 Å². The molecule has 3 aliphatic carbocycles. The molecule has 1 N–H and O–H groups in total. The summed E-state index contributed by atoms with van der Waals surface area (Å²) in [7, 11) is -3.52. The Morgan fingerprint density at radius 3 is 2.66 bits per heavy atom. The lowest BCUT2D eigenvalue weighted by Crippen LogP contribution is -2.18. The third-order valence-corrected chi connectivity index (χ3v) is 7.52. The summed E-state index contributed by atoms with van der Waals surface area (Å²) in [6.07, 6.45) is 8.11. The second kappa shape index (κ2) is 6.76.